The Morgan fingerprint density at radius 1 is 1.00 bits per heavy atom. The third kappa shape index (κ3) is 5.28. The minimum Gasteiger partial charge on any atom is -0.444 e. The van der Waals surface area contributed by atoms with Crippen molar-refractivity contribution in [2.75, 3.05) is 19.6 Å². The van der Waals surface area contributed by atoms with Crippen LogP contribution < -0.4 is 5.32 Å². The van der Waals surface area contributed by atoms with E-state index in [-0.39, 0.29) is 54.7 Å². The van der Waals surface area contributed by atoms with Crippen LogP contribution in [0.15, 0.2) is 0 Å². The lowest BCUT2D eigenvalue weighted by Crippen LogP contribution is -2.48. The molecule has 1 N–H and O–H groups in total. The number of hydrogen-bond acceptors (Lipinski definition) is 5. The topological polar surface area (TPSA) is 96.0 Å². The molecule has 3 rings (SSSR count). The van der Waals surface area contributed by atoms with E-state index in [1.54, 1.807) is 4.90 Å². The van der Waals surface area contributed by atoms with Gasteiger partial charge in [-0.1, -0.05) is 12.8 Å². The van der Waals surface area contributed by atoms with Gasteiger partial charge in [-0.15, -0.1) is 0 Å². The molecule has 0 aromatic rings. The molecule has 29 heavy (non-hydrogen) atoms. The van der Waals surface area contributed by atoms with E-state index in [0.29, 0.717) is 25.9 Å². The van der Waals surface area contributed by atoms with Gasteiger partial charge in [0, 0.05) is 32.1 Å². The van der Waals surface area contributed by atoms with Crippen molar-refractivity contribution in [3.05, 3.63) is 0 Å². The van der Waals surface area contributed by atoms with Crippen LogP contribution >= 0.6 is 0 Å². The molecule has 8 heteroatoms. The summed E-state index contributed by atoms with van der Waals surface area (Å²) in [4.78, 5) is 52.4. The molecule has 2 atom stereocenters. The molecule has 0 bridgehead atoms. The van der Waals surface area contributed by atoms with Crippen LogP contribution in [0, 0.1) is 11.8 Å². The highest BCUT2D eigenvalue weighted by atomic mass is 16.6. The number of carbonyl (C=O) groups excluding carboxylic acids is 4. The molecule has 1 aliphatic carbocycles. The SMILES string of the molecule is CC(C)(C)OC(=O)N1CCC(NC(=O)CCN2C(=O)C3CCCCC3C2=O)CC1. The van der Waals surface area contributed by atoms with E-state index in [0.717, 1.165) is 25.7 Å². The van der Waals surface area contributed by atoms with Crippen molar-refractivity contribution in [1.82, 2.24) is 15.1 Å². The van der Waals surface area contributed by atoms with Crippen LogP contribution in [0.5, 0.6) is 0 Å². The fourth-order valence-corrected chi connectivity index (χ4v) is 4.50. The van der Waals surface area contributed by atoms with Gasteiger partial charge in [0.1, 0.15) is 5.60 Å². The monoisotopic (exact) mass is 407 g/mol. The highest BCUT2D eigenvalue weighted by molar-refractivity contribution is 6.05. The predicted molar refractivity (Wildman–Crippen MR) is 106 cm³/mol. The average Bonchev–Trinajstić information content (AvgIpc) is 2.90. The number of likely N-dealkylation sites (tertiary alicyclic amines) is 2. The summed E-state index contributed by atoms with van der Waals surface area (Å²) in [5, 5.41) is 2.98. The summed E-state index contributed by atoms with van der Waals surface area (Å²) in [7, 11) is 0. The van der Waals surface area contributed by atoms with Crippen molar-refractivity contribution in [3.63, 3.8) is 0 Å². The maximum atomic E-state index is 12.5. The second-order valence-electron chi connectivity index (χ2n) is 9.38. The Kier molecular flexibility index (Phi) is 6.49. The highest BCUT2D eigenvalue weighted by Gasteiger charge is 2.47. The molecule has 3 fully saturated rings. The van der Waals surface area contributed by atoms with Crippen LogP contribution in [-0.4, -0.2) is 64.9 Å². The van der Waals surface area contributed by atoms with Gasteiger partial charge in [0.25, 0.3) is 0 Å². The number of imide groups is 1. The highest BCUT2D eigenvalue weighted by Crippen LogP contribution is 2.37. The van der Waals surface area contributed by atoms with Gasteiger partial charge in [0.05, 0.1) is 11.8 Å². The summed E-state index contributed by atoms with van der Waals surface area (Å²) in [6, 6.07) is -0.00579. The van der Waals surface area contributed by atoms with Crippen molar-refractivity contribution in [3.8, 4) is 0 Å². The molecule has 162 valence electrons. The minimum absolute atomic E-state index is 0.00579. The lowest BCUT2D eigenvalue weighted by atomic mass is 9.81. The molecular weight excluding hydrogens is 374 g/mol. The fraction of sp³-hybridized carbons (Fsp3) is 0.810. The predicted octanol–water partition coefficient (Wildman–Crippen LogP) is 2.07. The minimum atomic E-state index is -0.524. The molecule has 8 nitrogen and oxygen atoms in total. The third-order valence-corrected chi connectivity index (χ3v) is 6.01. The van der Waals surface area contributed by atoms with Crippen molar-refractivity contribution >= 4 is 23.8 Å². The van der Waals surface area contributed by atoms with Crippen LogP contribution in [-0.2, 0) is 19.1 Å². The Hall–Kier alpha value is -2.12. The van der Waals surface area contributed by atoms with Gasteiger partial charge in [-0.25, -0.2) is 4.79 Å². The first-order valence-electron chi connectivity index (χ1n) is 10.8. The maximum absolute atomic E-state index is 12.5. The molecular formula is C21H33N3O5. The Morgan fingerprint density at radius 2 is 1.55 bits per heavy atom. The van der Waals surface area contributed by atoms with Crippen molar-refractivity contribution in [2.45, 2.75) is 77.4 Å². The summed E-state index contributed by atoms with van der Waals surface area (Å²) in [5.74, 6) is -0.694. The Labute approximate surface area is 172 Å². The number of ether oxygens (including phenoxy) is 1. The number of rotatable bonds is 4. The number of nitrogens with one attached hydrogen (secondary N) is 1. The molecule has 2 heterocycles. The number of nitrogens with zero attached hydrogens (tertiary/aromatic N) is 2. The number of carbonyl (C=O) groups is 4. The summed E-state index contributed by atoms with van der Waals surface area (Å²) in [6.07, 6.45) is 4.70. The molecule has 2 saturated heterocycles. The number of amides is 4. The third-order valence-electron chi connectivity index (χ3n) is 6.01. The van der Waals surface area contributed by atoms with E-state index in [9.17, 15) is 19.2 Å². The zero-order chi connectivity index (χ0) is 21.2. The van der Waals surface area contributed by atoms with E-state index in [2.05, 4.69) is 5.32 Å². The lowest BCUT2D eigenvalue weighted by molar-refractivity contribution is -0.140. The van der Waals surface area contributed by atoms with Gasteiger partial charge in [0.2, 0.25) is 17.7 Å². The van der Waals surface area contributed by atoms with Crippen LogP contribution in [0.3, 0.4) is 0 Å². The second-order valence-corrected chi connectivity index (χ2v) is 9.38. The lowest BCUT2D eigenvalue weighted by Gasteiger charge is -2.33. The molecule has 1 saturated carbocycles. The molecule has 2 unspecified atom stereocenters. The quantitative estimate of drug-likeness (QED) is 0.720. The average molecular weight is 408 g/mol. The molecule has 0 spiro atoms. The Balaban J connectivity index is 1.40. The molecule has 2 aliphatic heterocycles. The number of fused-ring (bicyclic) bond motifs is 1. The number of hydrogen-bond donors (Lipinski definition) is 1. The molecule has 0 aromatic heterocycles. The Morgan fingerprint density at radius 3 is 2.07 bits per heavy atom. The molecule has 4 amide bonds. The summed E-state index contributed by atoms with van der Waals surface area (Å²) < 4.78 is 5.38. The van der Waals surface area contributed by atoms with E-state index >= 15 is 0 Å². The summed E-state index contributed by atoms with van der Waals surface area (Å²) in [5.41, 5.74) is -0.524. The molecule has 0 radical (unpaired) electrons. The van der Waals surface area contributed by atoms with Gasteiger partial charge < -0.3 is 15.0 Å². The Bertz CT molecular complexity index is 640. The normalized spacial score (nSPS) is 25.8. The summed E-state index contributed by atoms with van der Waals surface area (Å²) in [6.45, 7) is 6.74. The smallest absolute Gasteiger partial charge is 0.410 e. The first-order valence-corrected chi connectivity index (χ1v) is 10.8. The zero-order valence-electron chi connectivity index (χ0n) is 17.7. The standard InChI is InChI=1S/C21H33N3O5/c1-21(2,3)29-20(28)23-11-8-14(9-12-23)22-17(25)10-13-24-18(26)15-6-4-5-7-16(15)19(24)27/h14-16H,4-13H2,1-3H3,(H,22,25). The van der Waals surface area contributed by atoms with E-state index in [1.807, 2.05) is 20.8 Å². The molecule has 0 aromatic carbocycles. The van der Waals surface area contributed by atoms with Gasteiger partial charge in [-0.05, 0) is 46.5 Å². The van der Waals surface area contributed by atoms with Crippen LogP contribution in [0.1, 0.15) is 65.7 Å². The van der Waals surface area contributed by atoms with Crippen LogP contribution in [0.4, 0.5) is 4.79 Å². The first-order chi connectivity index (χ1) is 13.7. The largest absolute Gasteiger partial charge is 0.444 e. The zero-order valence-corrected chi connectivity index (χ0v) is 17.7. The fourth-order valence-electron chi connectivity index (χ4n) is 4.50. The van der Waals surface area contributed by atoms with Crippen LogP contribution in [0.2, 0.25) is 0 Å². The maximum Gasteiger partial charge on any atom is 0.410 e. The number of piperidine rings is 1. The van der Waals surface area contributed by atoms with Crippen molar-refractivity contribution < 1.29 is 23.9 Å². The first kappa shape index (κ1) is 21.6. The van der Waals surface area contributed by atoms with Crippen molar-refractivity contribution in [2.24, 2.45) is 11.8 Å². The summed E-state index contributed by atoms with van der Waals surface area (Å²) >= 11 is 0. The van der Waals surface area contributed by atoms with E-state index < -0.39 is 5.60 Å². The van der Waals surface area contributed by atoms with Crippen molar-refractivity contribution in [1.29, 1.82) is 0 Å². The van der Waals surface area contributed by atoms with E-state index in [1.165, 1.54) is 4.90 Å². The molecule has 3 aliphatic rings. The van der Waals surface area contributed by atoms with Gasteiger partial charge in [0.15, 0.2) is 0 Å². The van der Waals surface area contributed by atoms with Gasteiger partial charge in [-0.2, -0.15) is 0 Å². The van der Waals surface area contributed by atoms with Gasteiger partial charge in [-0.3, -0.25) is 19.3 Å². The van der Waals surface area contributed by atoms with Crippen LogP contribution in [0.25, 0.3) is 0 Å². The van der Waals surface area contributed by atoms with Gasteiger partial charge >= 0.3 is 6.09 Å². The van der Waals surface area contributed by atoms with E-state index in [4.69, 9.17) is 4.74 Å². The second kappa shape index (κ2) is 8.71.